The Hall–Kier alpha value is -2.18. The summed E-state index contributed by atoms with van der Waals surface area (Å²) in [5.41, 5.74) is 2.73. The Morgan fingerprint density at radius 1 is 1.04 bits per heavy atom. The van der Waals surface area contributed by atoms with E-state index in [9.17, 15) is 13.5 Å². The zero-order valence-electron chi connectivity index (χ0n) is 13.2. The van der Waals surface area contributed by atoms with Crippen LogP contribution in [0.15, 0.2) is 57.8 Å². The lowest BCUT2D eigenvalue weighted by Gasteiger charge is -2.07. The monoisotopic (exact) mass is 332 g/mol. The molecule has 0 aromatic heterocycles. The maximum absolute atomic E-state index is 12.2. The lowest BCUT2D eigenvalue weighted by atomic mass is 10.0. The summed E-state index contributed by atoms with van der Waals surface area (Å²) < 4.78 is 28.0. The second kappa shape index (κ2) is 7.39. The third-order valence-electron chi connectivity index (χ3n) is 3.20. The largest absolute Gasteiger partial charge is 0.392 e. The molecule has 0 spiro atoms. The van der Waals surface area contributed by atoms with E-state index >= 15 is 0 Å². The second-order valence-electron chi connectivity index (χ2n) is 5.46. The highest BCUT2D eigenvalue weighted by Gasteiger charge is 2.12. The second-order valence-corrected chi connectivity index (χ2v) is 7.09. The summed E-state index contributed by atoms with van der Waals surface area (Å²) in [6.07, 6.45) is 1.86. The van der Waals surface area contributed by atoms with E-state index in [1.807, 2.05) is 30.3 Å². The fraction of sp³-hybridized carbons (Fsp3) is 0.235. The van der Waals surface area contributed by atoms with Gasteiger partial charge < -0.3 is 10.0 Å². The van der Waals surface area contributed by atoms with E-state index in [2.05, 4.69) is 4.40 Å². The van der Waals surface area contributed by atoms with Crippen molar-refractivity contribution in [2.24, 2.45) is 4.40 Å². The Labute approximate surface area is 137 Å². The van der Waals surface area contributed by atoms with Gasteiger partial charge in [0.15, 0.2) is 0 Å². The highest BCUT2D eigenvalue weighted by molar-refractivity contribution is 7.90. The van der Waals surface area contributed by atoms with Crippen molar-refractivity contribution >= 4 is 16.4 Å². The maximum atomic E-state index is 12.2. The molecule has 6 heteroatoms. The summed E-state index contributed by atoms with van der Waals surface area (Å²) in [5.74, 6) is 0. The Morgan fingerprint density at radius 2 is 1.65 bits per heavy atom. The average molecular weight is 332 g/mol. The van der Waals surface area contributed by atoms with Crippen LogP contribution < -0.4 is 0 Å². The molecule has 0 aliphatic heterocycles. The zero-order chi connectivity index (χ0) is 16.9. The van der Waals surface area contributed by atoms with E-state index < -0.39 is 10.0 Å². The van der Waals surface area contributed by atoms with Gasteiger partial charge in [0.2, 0.25) is 0 Å². The molecule has 2 aromatic rings. The summed E-state index contributed by atoms with van der Waals surface area (Å²) in [6, 6.07) is 14.3. The summed E-state index contributed by atoms with van der Waals surface area (Å²) >= 11 is 0. The van der Waals surface area contributed by atoms with E-state index in [0.29, 0.717) is 6.42 Å². The molecule has 0 atom stereocenters. The van der Waals surface area contributed by atoms with Gasteiger partial charge in [-0.1, -0.05) is 36.4 Å². The van der Waals surface area contributed by atoms with Gasteiger partial charge in [0.05, 0.1) is 11.5 Å². The first kappa shape index (κ1) is 17.2. The smallest absolute Gasteiger partial charge is 0.283 e. The number of rotatable bonds is 6. The molecule has 0 saturated carbocycles. The van der Waals surface area contributed by atoms with Gasteiger partial charge in [-0.15, -0.1) is 4.40 Å². The van der Waals surface area contributed by atoms with Gasteiger partial charge in [-0.05, 0) is 35.2 Å². The standard InChI is InChI=1S/C17H20N2O3S/c1-19(2)13-18-23(21,22)17-8-4-6-15(11-17)9-14-5-3-7-16(10-14)12-20/h3-8,10-11,13,20H,9,12H2,1-2H3. The van der Waals surface area contributed by atoms with Crippen LogP contribution >= 0.6 is 0 Å². The molecule has 0 bridgehead atoms. The zero-order valence-corrected chi connectivity index (χ0v) is 14.0. The normalized spacial score (nSPS) is 11.8. The van der Waals surface area contributed by atoms with Crippen molar-refractivity contribution in [3.8, 4) is 0 Å². The van der Waals surface area contributed by atoms with Crippen molar-refractivity contribution in [2.75, 3.05) is 14.1 Å². The fourth-order valence-electron chi connectivity index (χ4n) is 2.11. The van der Waals surface area contributed by atoms with Gasteiger partial charge in [-0.3, -0.25) is 0 Å². The molecule has 0 aliphatic carbocycles. The van der Waals surface area contributed by atoms with E-state index in [1.54, 1.807) is 31.1 Å². The van der Waals surface area contributed by atoms with Gasteiger partial charge in [-0.2, -0.15) is 8.42 Å². The third kappa shape index (κ3) is 4.91. The van der Waals surface area contributed by atoms with Crippen LogP contribution in [0.2, 0.25) is 0 Å². The molecule has 0 amide bonds. The predicted octanol–water partition coefficient (Wildman–Crippen LogP) is 2.05. The highest BCUT2D eigenvalue weighted by atomic mass is 32.2. The first-order chi connectivity index (χ1) is 10.9. The first-order valence-electron chi connectivity index (χ1n) is 7.15. The van der Waals surface area contributed by atoms with Gasteiger partial charge in [-0.25, -0.2) is 0 Å². The summed E-state index contributed by atoms with van der Waals surface area (Å²) in [7, 11) is -0.271. The van der Waals surface area contributed by atoms with Crippen LogP contribution in [0.4, 0.5) is 0 Å². The molecule has 0 fully saturated rings. The molecule has 122 valence electrons. The lowest BCUT2D eigenvalue weighted by molar-refractivity contribution is 0.281. The Bertz CT molecular complexity index is 799. The molecule has 5 nitrogen and oxygen atoms in total. The predicted molar refractivity (Wildman–Crippen MR) is 91.0 cm³/mol. The molecule has 0 radical (unpaired) electrons. The minimum Gasteiger partial charge on any atom is -0.392 e. The Morgan fingerprint density at radius 3 is 2.30 bits per heavy atom. The van der Waals surface area contributed by atoms with E-state index in [4.69, 9.17) is 0 Å². The molecular weight excluding hydrogens is 312 g/mol. The van der Waals surface area contributed by atoms with Crippen molar-refractivity contribution in [3.05, 3.63) is 65.2 Å². The minimum atomic E-state index is -3.70. The van der Waals surface area contributed by atoms with Crippen molar-refractivity contribution in [2.45, 2.75) is 17.9 Å². The molecule has 0 unspecified atom stereocenters. The molecule has 2 aromatic carbocycles. The number of aliphatic hydroxyl groups excluding tert-OH is 1. The lowest BCUT2D eigenvalue weighted by Crippen LogP contribution is -2.10. The van der Waals surface area contributed by atoms with Gasteiger partial charge in [0.25, 0.3) is 10.0 Å². The van der Waals surface area contributed by atoms with Gasteiger partial charge in [0, 0.05) is 14.1 Å². The number of hydrogen-bond acceptors (Lipinski definition) is 3. The van der Waals surface area contributed by atoms with Crippen molar-refractivity contribution in [3.63, 3.8) is 0 Å². The van der Waals surface area contributed by atoms with Crippen LogP contribution in [0, 0.1) is 0 Å². The van der Waals surface area contributed by atoms with E-state index in [0.717, 1.165) is 16.7 Å². The van der Waals surface area contributed by atoms with Crippen LogP contribution in [0.1, 0.15) is 16.7 Å². The number of sulfonamides is 1. The minimum absolute atomic E-state index is 0.0124. The number of aliphatic hydroxyl groups is 1. The molecule has 23 heavy (non-hydrogen) atoms. The maximum Gasteiger partial charge on any atom is 0.283 e. The summed E-state index contributed by atoms with van der Waals surface area (Å²) in [6.45, 7) is -0.0124. The van der Waals surface area contributed by atoms with E-state index in [1.165, 1.54) is 12.4 Å². The van der Waals surface area contributed by atoms with Gasteiger partial charge in [0.1, 0.15) is 6.34 Å². The topological polar surface area (TPSA) is 70.0 Å². The van der Waals surface area contributed by atoms with Crippen LogP contribution in [0.25, 0.3) is 0 Å². The van der Waals surface area contributed by atoms with Crippen molar-refractivity contribution in [1.29, 1.82) is 0 Å². The highest BCUT2D eigenvalue weighted by Crippen LogP contribution is 2.17. The number of hydrogen-bond donors (Lipinski definition) is 1. The van der Waals surface area contributed by atoms with Crippen LogP contribution in [-0.2, 0) is 23.1 Å². The molecule has 0 aliphatic rings. The number of nitrogens with zero attached hydrogens (tertiary/aromatic N) is 2. The Balaban J connectivity index is 2.26. The van der Waals surface area contributed by atoms with E-state index in [-0.39, 0.29) is 11.5 Å². The average Bonchev–Trinajstić information content (AvgIpc) is 2.53. The third-order valence-corrected chi connectivity index (χ3v) is 4.42. The summed E-state index contributed by atoms with van der Waals surface area (Å²) in [4.78, 5) is 1.74. The molecule has 1 N–H and O–H groups in total. The number of benzene rings is 2. The van der Waals surface area contributed by atoms with Crippen LogP contribution in [-0.4, -0.2) is 38.9 Å². The van der Waals surface area contributed by atoms with Crippen LogP contribution in [0.5, 0.6) is 0 Å². The molecular formula is C17H20N2O3S. The molecule has 0 saturated heterocycles. The van der Waals surface area contributed by atoms with Crippen molar-refractivity contribution < 1.29 is 13.5 Å². The Kier molecular flexibility index (Phi) is 5.52. The quantitative estimate of drug-likeness (QED) is 0.649. The molecule has 0 heterocycles. The SMILES string of the molecule is CN(C)C=NS(=O)(=O)c1cccc(Cc2cccc(CO)c2)c1. The first-order valence-corrected chi connectivity index (χ1v) is 8.59. The summed E-state index contributed by atoms with van der Waals surface area (Å²) in [5, 5.41) is 9.18. The molecule has 2 rings (SSSR count). The van der Waals surface area contributed by atoms with Crippen LogP contribution in [0.3, 0.4) is 0 Å². The fourth-order valence-corrected chi connectivity index (χ4v) is 3.09. The van der Waals surface area contributed by atoms with Gasteiger partial charge >= 0.3 is 0 Å². The van der Waals surface area contributed by atoms with Crippen molar-refractivity contribution in [1.82, 2.24) is 4.90 Å².